The maximum atomic E-state index is 5.44. The van der Waals surface area contributed by atoms with Crippen LogP contribution in [0.1, 0.15) is 24.5 Å². The largest absolute Gasteiger partial charge is 0.379 e. The van der Waals surface area contributed by atoms with Crippen LogP contribution >= 0.6 is 0 Å². The van der Waals surface area contributed by atoms with Gasteiger partial charge in [-0.15, -0.1) is 0 Å². The smallest absolute Gasteiger partial charge is 0.159 e. The molecule has 1 aromatic heterocycles. The Morgan fingerprint density at radius 3 is 2.64 bits per heavy atom. The maximum absolute atomic E-state index is 5.44. The molecule has 0 radical (unpaired) electrons. The molecule has 1 saturated heterocycles. The van der Waals surface area contributed by atoms with Crippen molar-refractivity contribution in [1.82, 2.24) is 20.2 Å². The molecule has 5 nitrogen and oxygen atoms in total. The molecule has 0 bridgehead atoms. The van der Waals surface area contributed by atoms with Gasteiger partial charge in [-0.1, -0.05) is 30.7 Å². The summed E-state index contributed by atoms with van der Waals surface area (Å²) >= 11 is 0. The lowest BCUT2D eigenvalue weighted by Crippen LogP contribution is -2.47. The molecule has 1 aromatic carbocycles. The highest BCUT2D eigenvalue weighted by molar-refractivity contribution is 5.55. The van der Waals surface area contributed by atoms with Gasteiger partial charge in [-0.3, -0.25) is 4.90 Å². The number of nitrogens with zero attached hydrogens (tertiary/aromatic N) is 3. The topological polar surface area (TPSA) is 50.3 Å². The lowest BCUT2D eigenvalue weighted by atomic mass is 10.1. The van der Waals surface area contributed by atoms with E-state index in [1.54, 1.807) is 0 Å². The molecular weight excluding hydrogens is 312 g/mol. The Balaban J connectivity index is 1.51. The summed E-state index contributed by atoms with van der Waals surface area (Å²) in [6, 6.07) is 8.85. The molecule has 3 rings (SSSR count). The number of morpholine rings is 1. The van der Waals surface area contributed by atoms with Crippen LogP contribution in [0.4, 0.5) is 0 Å². The van der Waals surface area contributed by atoms with Crippen LogP contribution < -0.4 is 5.32 Å². The molecule has 1 aliphatic rings. The lowest BCUT2D eigenvalue weighted by molar-refractivity contribution is 0.0158. The minimum absolute atomic E-state index is 0.566. The monoisotopic (exact) mass is 340 g/mol. The third-order valence-corrected chi connectivity index (χ3v) is 4.72. The summed E-state index contributed by atoms with van der Waals surface area (Å²) in [5.41, 5.74) is 3.41. The predicted molar refractivity (Wildman–Crippen MR) is 100 cm³/mol. The van der Waals surface area contributed by atoms with Crippen LogP contribution in [0.3, 0.4) is 0 Å². The minimum atomic E-state index is 0.566. The van der Waals surface area contributed by atoms with Gasteiger partial charge in [0.15, 0.2) is 5.82 Å². The van der Waals surface area contributed by atoms with Crippen molar-refractivity contribution in [3.8, 4) is 11.4 Å². The number of benzene rings is 1. The molecule has 1 fully saturated rings. The van der Waals surface area contributed by atoms with Gasteiger partial charge in [0, 0.05) is 55.7 Å². The molecule has 2 aromatic rings. The van der Waals surface area contributed by atoms with Crippen molar-refractivity contribution in [2.45, 2.75) is 32.9 Å². The van der Waals surface area contributed by atoms with Crippen molar-refractivity contribution >= 4 is 0 Å². The fourth-order valence-electron chi connectivity index (χ4n) is 3.24. The second-order valence-electron chi connectivity index (χ2n) is 6.63. The van der Waals surface area contributed by atoms with E-state index in [4.69, 9.17) is 4.74 Å². The highest BCUT2D eigenvalue weighted by Gasteiger charge is 2.18. The van der Waals surface area contributed by atoms with Crippen LogP contribution in [0.25, 0.3) is 11.4 Å². The number of nitrogens with one attached hydrogen (secondary N) is 1. The van der Waals surface area contributed by atoms with Gasteiger partial charge >= 0.3 is 0 Å². The third kappa shape index (κ3) is 5.08. The first-order valence-corrected chi connectivity index (χ1v) is 9.16. The molecular formula is C20H28N4O. The van der Waals surface area contributed by atoms with E-state index in [0.717, 1.165) is 62.8 Å². The molecule has 1 aliphatic heterocycles. The average Bonchev–Trinajstić information content (AvgIpc) is 2.66. The molecule has 0 amide bonds. The fourth-order valence-corrected chi connectivity index (χ4v) is 3.24. The Morgan fingerprint density at radius 1 is 1.20 bits per heavy atom. The summed E-state index contributed by atoms with van der Waals surface area (Å²) in [7, 11) is 0. The summed E-state index contributed by atoms with van der Waals surface area (Å²) in [5.74, 6) is 0.784. The second kappa shape index (κ2) is 9.04. The SMILES string of the molecule is CCC(CNCc1cnc(-c2cccc(C)c2)nc1)N1CCOCC1. The van der Waals surface area contributed by atoms with E-state index in [-0.39, 0.29) is 0 Å². The van der Waals surface area contributed by atoms with Crippen LogP contribution in [-0.4, -0.2) is 53.8 Å². The molecule has 1 atom stereocenters. The van der Waals surface area contributed by atoms with E-state index in [0.29, 0.717) is 6.04 Å². The number of aryl methyl sites for hydroxylation is 1. The van der Waals surface area contributed by atoms with Gasteiger partial charge < -0.3 is 10.1 Å². The zero-order chi connectivity index (χ0) is 17.5. The van der Waals surface area contributed by atoms with Gasteiger partial charge in [-0.25, -0.2) is 9.97 Å². The van der Waals surface area contributed by atoms with Crippen LogP contribution in [-0.2, 0) is 11.3 Å². The van der Waals surface area contributed by atoms with E-state index in [1.165, 1.54) is 5.56 Å². The number of rotatable bonds is 7. The molecule has 0 saturated carbocycles. The summed E-state index contributed by atoms with van der Waals surface area (Å²) in [5, 5.41) is 3.56. The van der Waals surface area contributed by atoms with E-state index in [2.05, 4.69) is 52.2 Å². The Labute approximate surface area is 150 Å². The maximum Gasteiger partial charge on any atom is 0.159 e. The molecule has 1 unspecified atom stereocenters. The zero-order valence-electron chi connectivity index (χ0n) is 15.2. The van der Waals surface area contributed by atoms with Crippen LogP contribution in [0.2, 0.25) is 0 Å². The summed E-state index contributed by atoms with van der Waals surface area (Å²) in [6.07, 6.45) is 5.00. The first-order chi connectivity index (χ1) is 12.3. The molecule has 1 N–H and O–H groups in total. The first-order valence-electron chi connectivity index (χ1n) is 9.16. The van der Waals surface area contributed by atoms with Crippen molar-refractivity contribution in [3.05, 3.63) is 47.8 Å². The average molecular weight is 340 g/mol. The number of aromatic nitrogens is 2. The van der Waals surface area contributed by atoms with E-state index >= 15 is 0 Å². The van der Waals surface area contributed by atoms with Gasteiger partial charge in [0.05, 0.1) is 13.2 Å². The second-order valence-corrected chi connectivity index (χ2v) is 6.63. The molecule has 2 heterocycles. The van der Waals surface area contributed by atoms with Gasteiger partial charge in [0.1, 0.15) is 0 Å². The van der Waals surface area contributed by atoms with Crippen molar-refractivity contribution < 1.29 is 4.74 Å². The predicted octanol–water partition coefficient (Wildman–Crippen LogP) is 2.65. The van der Waals surface area contributed by atoms with Crippen LogP contribution in [0, 0.1) is 6.92 Å². The fraction of sp³-hybridized carbons (Fsp3) is 0.500. The Kier molecular flexibility index (Phi) is 6.50. The van der Waals surface area contributed by atoms with E-state index < -0.39 is 0 Å². The quantitative estimate of drug-likeness (QED) is 0.840. The van der Waals surface area contributed by atoms with E-state index in [9.17, 15) is 0 Å². The van der Waals surface area contributed by atoms with Gasteiger partial charge in [0.25, 0.3) is 0 Å². The third-order valence-electron chi connectivity index (χ3n) is 4.72. The van der Waals surface area contributed by atoms with Crippen LogP contribution in [0.5, 0.6) is 0 Å². The van der Waals surface area contributed by atoms with Gasteiger partial charge in [-0.05, 0) is 19.4 Å². The van der Waals surface area contributed by atoms with Crippen molar-refractivity contribution in [3.63, 3.8) is 0 Å². The summed E-state index contributed by atoms with van der Waals surface area (Å²) < 4.78 is 5.44. The highest BCUT2D eigenvalue weighted by atomic mass is 16.5. The Hall–Kier alpha value is -1.82. The minimum Gasteiger partial charge on any atom is -0.379 e. The number of hydrogen-bond acceptors (Lipinski definition) is 5. The number of hydrogen-bond donors (Lipinski definition) is 1. The molecule has 0 spiro atoms. The standard InChI is InChI=1S/C20H28N4O/c1-3-19(24-7-9-25-10-8-24)15-21-12-17-13-22-20(23-14-17)18-6-4-5-16(2)11-18/h4-6,11,13-14,19,21H,3,7-10,12,15H2,1-2H3. The molecule has 134 valence electrons. The van der Waals surface area contributed by atoms with E-state index in [1.807, 2.05) is 18.5 Å². The Morgan fingerprint density at radius 2 is 1.96 bits per heavy atom. The summed E-state index contributed by atoms with van der Waals surface area (Å²) in [6.45, 7) is 9.89. The van der Waals surface area contributed by atoms with Gasteiger partial charge in [-0.2, -0.15) is 0 Å². The molecule has 5 heteroatoms. The van der Waals surface area contributed by atoms with Crippen molar-refractivity contribution in [1.29, 1.82) is 0 Å². The Bertz CT molecular complexity index is 653. The molecule has 25 heavy (non-hydrogen) atoms. The first kappa shape index (κ1) is 18.0. The highest BCUT2D eigenvalue weighted by Crippen LogP contribution is 2.15. The summed E-state index contributed by atoms with van der Waals surface area (Å²) in [4.78, 5) is 11.6. The number of ether oxygens (including phenoxy) is 1. The lowest BCUT2D eigenvalue weighted by Gasteiger charge is -2.34. The molecule has 0 aliphatic carbocycles. The zero-order valence-corrected chi connectivity index (χ0v) is 15.2. The normalized spacial score (nSPS) is 16.7. The van der Waals surface area contributed by atoms with Crippen LogP contribution in [0.15, 0.2) is 36.7 Å². The van der Waals surface area contributed by atoms with Crippen molar-refractivity contribution in [2.75, 3.05) is 32.8 Å². The van der Waals surface area contributed by atoms with Gasteiger partial charge in [0.2, 0.25) is 0 Å². The van der Waals surface area contributed by atoms with Crippen molar-refractivity contribution in [2.24, 2.45) is 0 Å².